The molecule has 2 fully saturated rings. The van der Waals surface area contributed by atoms with Crippen LogP contribution >= 0.6 is 0 Å². The first-order valence-electron chi connectivity index (χ1n) is 8.69. The van der Waals surface area contributed by atoms with Crippen LogP contribution in [0.4, 0.5) is 0 Å². The molecule has 26 heavy (non-hydrogen) atoms. The van der Waals surface area contributed by atoms with Crippen LogP contribution in [0.2, 0.25) is 0 Å². The lowest BCUT2D eigenvalue weighted by Gasteiger charge is -2.17. The van der Waals surface area contributed by atoms with Gasteiger partial charge in [0.25, 0.3) is 5.91 Å². The summed E-state index contributed by atoms with van der Waals surface area (Å²) in [5.41, 5.74) is 0.527. The van der Waals surface area contributed by atoms with Gasteiger partial charge in [0, 0.05) is 12.2 Å². The standard InChI is InChI=1S/C20H21NO5/c1-23-16-7-2-3-8-17(16)26-14-6-4-5-13(11-14)20(22)21-15-12-25-18-9-10-24-19(15)18/h2-8,11,15,18-19H,9-10,12H2,1H3,(H,21,22). The van der Waals surface area contributed by atoms with Crippen molar-refractivity contribution in [1.82, 2.24) is 5.32 Å². The average molecular weight is 355 g/mol. The Kier molecular flexibility index (Phi) is 4.77. The van der Waals surface area contributed by atoms with Crippen molar-refractivity contribution in [3.8, 4) is 17.2 Å². The van der Waals surface area contributed by atoms with Crippen molar-refractivity contribution in [3.05, 3.63) is 54.1 Å². The topological polar surface area (TPSA) is 66.0 Å². The molecule has 0 aliphatic carbocycles. The molecule has 0 saturated carbocycles. The summed E-state index contributed by atoms with van der Waals surface area (Å²) in [6, 6.07) is 14.3. The van der Waals surface area contributed by atoms with E-state index in [0.29, 0.717) is 36.0 Å². The number of rotatable bonds is 5. The number of carbonyl (C=O) groups excluding carboxylic acids is 1. The highest BCUT2D eigenvalue weighted by atomic mass is 16.6. The Bertz CT molecular complexity index is 793. The minimum Gasteiger partial charge on any atom is -0.493 e. The zero-order valence-corrected chi connectivity index (χ0v) is 14.5. The van der Waals surface area contributed by atoms with Gasteiger partial charge in [-0.25, -0.2) is 0 Å². The van der Waals surface area contributed by atoms with Crippen LogP contribution in [-0.2, 0) is 9.47 Å². The molecule has 2 saturated heterocycles. The highest BCUT2D eigenvalue weighted by molar-refractivity contribution is 5.94. The predicted octanol–water partition coefficient (Wildman–Crippen LogP) is 2.77. The largest absolute Gasteiger partial charge is 0.493 e. The molecule has 1 amide bonds. The normalized spacial score (nSPS) is 24.1. The first-order valence-corrected chi connectivity index (χ1v) is 8.69. The molecule has 6 heteroatoms. The van der Waals surface area contributed by atoms with Gasteiger partial charge >= 0.3 is 0 Å². The molecule has 3 atom stereocenters. The molecule has 0 spiro atoms. The number of ether oxygens (including phenoxy) is 4. The Morgan fingerprint density at radius 3 is 2.81 bits per heavy atom. The van der Waals surface area contributed by atoms with E-state index >= 15 is 0 Å². The van der Waals surface area contributed by atoms with Gasteiger partial charge < -0.3 is 24.3 Å². The quantitative estimate of drug-likeness (QED) is 0.893. The van der Waals surface area contributed by atoms with E-state index in [4.69, 9.17) is 18.9 Å². The highest BCUT2D eigenvalue weighted by Gasteiger charge is 2.42. The fourth-order valence-electron chi connectivity index (χ4n) is 3.37. The SMILES string of the molecule is COc1ccccc1Oc1cccc(C(=O)NC2COC3CCOC23)c1. The van der Waals surface area contributed by atoms with Crippen LogP contribution in [0.3, 0.4) is 0 Å². The van der Waals surface area contributed by atoms with Gasteiger partial charge in [-0.2, -0.15) is 0 Å². The minimum absolute atomic E-state index is 0.0491. The molecule has 3 unspecified atom stereocenters. The lowest BCUT2D eigenvalue weighted by atomic mass is 10.1. The summed E-state index contributed by atoms with van der Waals surface area (Å²) in [7, 11) is 1.59. The Hall–Kier alpha value is -2.57. The molecular weight excluding hydrogens is 334 g/mol. The molecule has 2 aromatic rings. The molecule has 2 heterocycles. The molecule has 4 rings (SSSR count). The first kappa shape index (κ1) is 16.9. The van der Waals surface area contributed by atoms with E-state index < -0.39 is 0 Å². The van der Waals surface area contributed by atoms with Gasteiger partial charge in [-0.1, -0.05) is 18.2 Å². The van der Waals surface area contributed by atoms with E-state index in [1.807, 2.05) is 24.3 Å². The number of benzene rings is 2. The van der Waals surface area contributed by atoms with Crippen molar-refractivity contribution in [1.29, 1.82) is 0 Å². The Labute approximate surface area is 152 Å². The van der Waals surface area contributed by atoms with Crippen molar-refractivity contribution < 1.29 is 23.7 Å². The minimum atomic E-state index is -0.166. The maximum Gasteiger partial charge on any atom is 0.251 e. The number of amides is 1. The number of fused-ring (bicyclic) bond motifs is 1. The molecular formula is C20H21NO5. The Morgan fingerprint density at radius 1 is 1.12 bits per heavy atom. The first-order chi connectivity index (χ1) is 12.7. The van der Waals surface area contributed by atoms with Gasteiger partial charge in [0.2, 0.25) is 0 Å². The molecule has 2 aliphatic rings. The number of para-hydroxylation sites is 2. The van der Waals surface area contributed by atoms with Crippen molar-refractivity contribution in [2.45, 2.75) is 24.7 Å². The van der Waals surface area contributed by atoms with Crippen molar-refractivity contribution >= 4 is 5.91 Å². The van der Waals surface area contributed by atoms with Crippen LogP contribution < -0.4 is 14.8 Å². The second-order valence-corrected chi connectivity index (χ2v) is 6.36. The van der Waals surface area contributed by atoms with Crippen LogP contribution in [0.1, 0.15) is 16.8 Å². The van der Waals surface area contributed by atoms with Crippen LogP contribution in [0.5, 0.6) is 17.2 Å². The van der Waals surface area contributed by atoms with E-state index in [9.17, 15) is 4.79 Å². The van der Waals surface area contributed by atoms with Crippen LogP contribution in [0.25, 0.3) is 0 Å². The second-order valence-electron chi connectivity index (χ2n) is 6.36. The Balaban J connectivity index is 1.46. The number of carbonyl (C=O) groups is 1. The summed E-state index contributed by atoms with van der Waals surface area (Å²) in [5, 5.41) is 3.01. The molecule has 1 N–H and O–H groups in total. The van der Waals surface area contributed by atoms with Gasteiger partial charge in [0.05, 0.1) is 25.9 Å². The molecule has 2 aliphatic heterocycles. The molecule has 136 valence electrons. The second kappa shape index (κ2) is 7.35. The van der Waals surface area contributed by atoms with Gasteiger partial charge in [0.15, 0.2) is 11.5 Å². The monoisotopic (exact) mass is 355 g/mol. The smallest absolute Gasteiger partial charge is 0.251 e. The van der Waals surface area contributed by atoms with E-state index in [0.717, 1.165) is 6.42 Å². The van der Waals surface area contributed by atoms with Crippen molar-refractivity contribution in [2.75, 3.05) is 20.3 Å². The number of hydrogen-bond acceptors (Lipinski definition) is 5. The average Bonchev–Trinajstić information content (AvgIpc) is 3.27. The summed E-state index contributed by atoms with van der Waals surface area (Å²) in [6.07, 6.45) is 0.937. The third-order valence-corrected chi connectivity index (χ3v) is 4.68. The van der Waals surface area contributed by atoms with E-state index in [-0.39, 0.29) is 24.2 Å². The van der Waals surface area contributed by atoms with Gasteiger partial charge in [-0.3, -0.25) is 4.79 Å². The van der Waals surface area contributed by atoms with Crippen molar-refractivity contribution in [3.63, 3.8) is 0 Å². The summed E-state index contributed by atoms with van der Waals surface area (Å²) in [4.78, 5) is 12.6. The van der Waals surface area contributed by atoms with E-state index in [1.165, 1.54) is 0 Å². The zero-order chi connectivity index (χ0) is 17.9. The number of hydrogen-bond donors (Lipinski definition) is 1. The predicted molar refractivity (Wildman–Crippen MR) is 94.9 cm³/mol. The van der Waals surface area contributed by atoms with Crippen LogP contribution in [0, 0.1) is 0 Å². The zero-order valence-electron chi connectivity index (χ0n) is 14.5. The third kappa shape index (κ3) is 3.38. The van der Waals surface area contributed by atoms with Crippen LogP contribution in [-0.4, -0.2) is 44.5 Å². The summed E-state index contributed by atoms with van der Waals surface area (Å²) in [6.45, 7) is 1.17. The van der Waals surface area contributed by atoms with Crippen LogP contribution in [0.15, 0.2) is 48.5 Å². The maximum atomic E-state index is 12.6. The fraction of sp³-hybridized carbons (Fsp3) is 0.350. The van der Waals surface area contributed by atoms with E-state index in [2.05, 4.69) is 5.32 Å². The van der Waals surface area contributed by atoms with Gasteiger partial charge in [0.1, 0.15) is 11.9 Å². The summed E-state index contributed by atoms with van der Waals surface area (Å²) < 4.78 is 22.5. The number of methoxy groups -OCH3 is 1. The van der Waals surface area contributed by atoms with E-state index in [1.54, 1.807) is 31.4 Å². The molecule has 0 radical (unpaired) electrons. The van der Waals surface area contributed by atoms with Gasteiger partial charge in [-0.05, 0) is 36.8 Å². The van der Waals surface area contributed by atoms with Gasteiger partial charge in [-0.15, -0.1) is 0 Å². The number of nitrogens with one attached hydrogen (secondary N) is 1. The lowest BCUT2D eigenvalue weighted by molar-refractivity contribution is 0.0656. The highest BCUT2D eigenvalue weighted by Crippen LogP contribution is 2.31. The molecule has 6 nitrogen and oxygen atoms in total. The summed E-state index contributed by atoms with van der Waals surface area (Å²) >= 11 is 0. The molecule has 2 aromatic carbocycles. The molecule has 0 bridgehead atoms. The third-order valence-electron chi connectivity index (χ3n) is 4.68. The fourth-order valence-corrected chi connectivity index (χ4v) is 3.37. The molecule has 0 aromatic heterocycles. The van der Waals surface area contributed by atoms with Crippen molar-refractivity contribution in [2.24, 2.45) is 0 Å². The maximum absolute atomic E-state index is 12.6. The summed E-state index contributed by atoms with van der Waals surface area (Å²) in [5.74, 6) is 1.63. The lowest BCUT2D eigenvalue weighted by Crippen LogP contribution is -2.43. The Morgan fingerprint density at radius 2 is 1.96 bits per heavy atom.